The van der Waals surface area contributed by atoms with Gasteiger partial charge in [-0.2, -0.15) is 0 Å². The van der Waals surface area contributed by atoms with Gasteiger partial charge in [-0.25, -0.2) is 0 Å². The van der Waals surface area contributed by atoms with Crippen LogP contribution in [0.2, 0.25) is 0 Å². The number of furan rings is 1. The summed E-state index contributed by atoms with van der Waals surface area (Å²) in [5.74, 6) is 2.05. The van der Waals surface area contributed by atoms with Gasteiger partial charge in [-0.15, -0.1) is 0 Å². The Morgan fingerprint density at radius 3 is 2.20 bits per heavy atom. The van der Waals surface area contributed by atoms with Crippen LogP contribution in [-0.4, -0.2) is 48.9 Å². The van der Waals surface area contributed by atoms with Crippen molar-refractivity contribution in [3.05, 3.63) is 24.2 Å². The van der Waals surface area contributed by atoms with E-state index >= 15 is 0 Å². The maximum atomic E-state index is 12.3. The van der Waals surface area contributed by atoms with Gasteiger partial charge in [0.1, 0.15) is 0 Å². The molecule has 4 nitrogen and oxygen atoms in total. The topological polar surface area (TPSA) is 36.7 Å². The lowest BCUT2D eigenvalue weighted by Gasteiger charge is -2.26. The van der Waals surface area contributed by atoms with Crippen LogP contribution < -0.4 is 0 Å². The molecule has 110 valence electrons. The van der Waals surface area contributed by atoms with Gasteiger partial charge in [-0.1, -0.05) is 0 Å². The lowest BCUT2D eigenvalue weighted by molar-refractivity contribution is 0.0694. The van der Waals surface area contributed by atoms with Crippen molar-refractivity contribution in [2.45, 2.75) is 37.8 Å². The van der Waals surface area contributed by atoms with Crippen LogP contribution >= 0.6 is 0 Å². The second kappa shape index (κ2) is 5.24. The molecule has 1 amide bonds. The molecule has 0 saturated heterocycles. The number of hydrogen-bond donors (Lipinski definition) is 0. The van der Waals surface area contributed by atoms with E-state index in [2.05, 4.69) is 19.0 Å². The van der Waals surface area contributed by atoms with E-state index in [1.165, 1.54) is 12.8 Å². The normalized spacial score (nSPS) is 32.6. The summed E-state index contributed by atoms with van der Waals surface area (Å²) in [7, 11) is 6.27. The summed E-state index contributed by atoms with van der Waals surface area (Å²) in [6.07, 6.45) is 6.44. The van der Waals surface area contributed by atoms with Crippen LogP contribution in [0, 0.1) is 11.8 Å². The van der Waals surface area contributed by atoms with Crippen molar-refractivity contribution in [3.63, 3.8) is 0 Å². The van der Waals surface area contributed by atoms with E-state index in [9.17, 15) is 4.79 Å². The van der Waals surface area contributed by atoms with Gasteiger partial charge in [-0.3, -0.25) is 4.79 Å². The molecule has 2 aliphatic rings. The van der Waals surface area contributed by atoms with Gasteiger partial charge in [-0.05, 0) is 63.7 Å². The average Bonchev–Trinajstić information content (AvgIpc) is 3.11. The minimum absolute atomic E-state index is 0.0177. The molecule has 0 spiro atoms. The lowest BCUT2D eigenvalue weighted by atomic mass is 10.0. The van der Waals surface area contributed by atoms with Crippen molar-refractivity contribution < 1.29 is 9.21 Å². The van der Waals surface area contributed by atoms with Crippen molar-refractivity contribution in [1.29, 1.82) is 0 Å². The molecule has 1 aromatic rings. The molecule has 0 N–H and O–H groups in total. The molecule has 0 aliphatic heterocycles. The standard InChI is InChI=1S/C16H24N2O2/c1-17(2)13-7-11-9-14(10-12(11)8-13)18(3)16(19)15-5-4-6-20-15/h4-6,11-14H,7-10H2,1-3H3/t11-,12+,13?,14?. The summed E-state index contributed by atoms with van der Waals surface area (Å²) < 4.78 is 5.22. The fraction of sp³-hybridized carbons (Fsp3) is 0.688. The Labute approximate surface area is 120 Å². The molecule has 0 aromatic carbocycles. The van der Waals surface area contributed by atoms with Gasteiger partial charge in [0.15, 0.2) is 5.76 Å². The van der Waals surface area contributed by atoms with Crippen LogP contribution in [0.3, 0.4) is 0 Å². The molecule has 2 saturated carbocycles. The maximum absolute atomic E-state index is 12.3. The molecule has 1 aromatic heterocycles. The predicted octanol–water partition coefficient (Wildman–Crippen LogP) is 2.47. The van der Waals surface area contributed by atoms with Crippen molar-refractivity contribution in [1.82, 2.24) is 9.80 Å². The highest BCUT2D eigenvalue weighted by atomic mass is 16.3. The lowest BCUT2D eigenvalue weighted by Crippen LogP contribution is -2.36. The SMILES string of the molecule is CN(C)C1C[C@@H]2CC(N(C)C(=O)c3ccco3)C[C@@H]2C1. The Bertz CT molecular complexity index is 455. The quantitative estimate of drug-likeness (QED) is 0.851. The molecule has 2 fully saturated rings. The molecule has 1 heterocycles. The Morgan fingerprint density at radius 1 is 1.10 bits per heavy atom. The first-order valence-electron chi connectivity index (χ1n) is 7.53. The summed E-state index contributed by atoms with van der Waals surface area (Å²) in [5.41, 5.74) is 0. The van der Waals surface area contributed by atoms with E-state index in [-0.39, 0.29) is 5.91 Å². The number of hydrogen-bond acceptors (Lipinski definition) is 3. The molecule has 0 bridgehead atoms. The summed E-state index contributed by atoms with van der Waals surface area (Å²) in [4.78, 5) is 16.6. The zero-order valence-corrected chi connectivity index (χ0v) is 12.6. The first kappa shape index (κ1) is 13.7. The van der Waals surface area contributed by atoms with Crippen molar-refractivity contribution in [2.75, 3.05) is 21.1 Å². The molecule has 4 atom stereocenters. The molecular formula is C16H24N2O2. The summed E-state index contributed by atoms with van der Waals surface area (Å²) in [6.45, 7) is 0. The van der Waals surface area contributed by atoms with Crippen LogP contribution in [0.15, 0.2) is 22.8 Å². The fourth-order valence-electron chi connectivity index (χ4n) is 4.03. The van der Waals surface area contributed by atoms with E-state index in [0.717, 1.165) is 30.7 Å². The van der Waals surface area contributed by atoms with E-state index in [4.69, 9.17) is 4.42 Å². The van der Waals surface area contributed by atoms with Crippen molar-refractivity contribution in [2.24, 2.45) is 11.8 Å². The van der Waals surface area contributed by atoms with E-state index in [1.54, 1.807) is 18.4 Å². The highest BCUT2D eigenvalue weighted by Crippen LogP contribution is 2.46. The molecule has 20 heavy (non-hydrogen) atoms. The smallest absolute Gasteiger partial charge is 0.289 e. The third kappa shape index (κ3) is 2.37. The molecule has 4 heteroatoms. The van der Waals surface area contributed by atoms with Gasteiger partial charge in [0.25, 0.3) is 5.91 Å². The largest absolute Gasteiger partial charge is 0.459 e. The van der Waals surface area contributed by atoms with Crippen molar-refractivity contribution >= 4 is 5.91 Å². The predicted molar refractivity (Wildman–Crippen MR) is 77.5 cm³/mol. The van der Waals surface area contributed by atoms with Crippen LogP contribution in [-0.2, 0) is 0 Å². The van der Waals surface area contributed by atoms with Gasteiger partial charge in [0.05, 0.1) is 6.26 Å². The zero-order chi connectivity index (χ0) is 14.3. The Balaban J connectivity index is 1.61. The zero-order valence-electron chi connectivity index (χ0n) is 12.6. The monoisotopic (exact) mass is 276 g/mol. The van der Waals surface area contributed by atoms with Gasteiger partial charge in [0, 0.05) is 19.1 Å². The third-order valence-electron chi connectivity index (χ3n) is 5.30. The van der Waals surface area contributed by atoms with E-state index < -0.39 is 0 Å². The number of carbonyl (C=O) groups is 1. The first-order chi connectivity index (χ1) is 9.56. The summed E-state index contributed by atoms with van der Waals surface area (Å²) in [5, 5.41) is 0. The number of rotatable bonds is 3. The minimum atomic E-state index is 0.0177. The Kier molecular flexibility index (Phi) is 3.59. The van der Waals surface area contributed by atoms with Gasteiger partial charge < -0.3 is 14.2 Å². The first-order valence-corrected chi connectivity index (χ1v) is 7.53. The molecule has 3 rings (SSSR count). The minimum Gasteiger partial charge on any atom is -0.459 e. The Hall–Kier alpha value is -1.29. The van der Waals surface area contributed by atoms with E-state index in [0.29, 0.717) is 11.8 Å². The van der Waals surface area contributed by atoms with Crippen LogP contribution in [0.4, 0.5) is 0 Å². The Morgan fingerprint density at radius 2 is 1.70 bits per heavy atom. The summed E-state index contributed by atoms with van der Waals surface area (Å²) >= 11 is 0. The highest BCUT2D eigenvalue weighted by Gasteiger charge is 2.44. The summed E-state index contributed by atoms with van der Waals surface area (Å²) in [6, 6.07) is 4.63. The van der Waals surface area contributed by atoms with Crippen molar-refractivity contribution in [3.8, 4) is 0 Å². The van der Waals surface area contributed by atoms with Gasteiger partial charge >= 0.3 is 0 Å². The van der Waals surface area contributed by atoms with Crippen LogP contribution in [0.5, 0.6) is 0 Å². The third-order valence-corrected chi connectivity index (χ3v) is 5.30. The average molecular weight is 276 g/mol. The molecule has 2 aliphatic carbocycles. The molecule has 0 radical (unpaired) electrons. The van der Waals surface area contributed by atoms with Gasteiger partial charge in [0.2, 0.25) is 0 Å². The molecule has 2 unspecified atom stereocenters. The number of fused-ring (bicyclic) bond motifs is 1. The second-order valence-electron chi connectivity index (χ2n) is 6.63. The van der Waals surface area contributed by atoms with Crippen LogP contribution in [0.1, 0.15) is 36.2 Å². The number of carbonyl (C=O) groups excluding carboxylic acids is 1. The maximum Gasteiger partial charge on any atom is 0.289 e. The number of nitrogens with zero attached hydrogens (tertiary/aromatic N) is 2. The second-order valence-corrected chi connectivity index (χ2v) is 6.63. The fourth-order valence-corrected chi connectivity index (χ4v) is 4.03. The van der Waals surface area contributed by atoms with E-state index in [1.807, 2.05) is 11.9 Å². The molecular weight excluding hydrogens is 252 g/mol. The van der Waals surface area contributed by atoms with Crippen LogP contribution in [0.25, 0.3) is 0 Å². The number of amides is 1. The highest BCUT2D eigenvalue weighted by molar-refractivity contribution is 5.91.